The number of halogens is 1. The van der Waals surface area contributed by atoms with Crippen molar-refractivity contribution < 1.29 is 0 Å². The zero-order chi connectivity index (χ0) is 12.3. The third-order valence-electron chi connectivity index (χ3n) is 2.38. The number of hydrogen-bond donors (Lipinski definition) is 1. The van der Waals surface area contributed by atoms with Gasteiger partial charge in [-0.25, -0.2) is 5.84 Å². The largest absolute Gasteiger partial charge is 0.280 e. The third kappa shape index (κ3) is 2.64. The molecule has 0 atom stereocenters. The number of hydrogen-bond acceptors (Lipinski definition) is 3. The molecule has 0 heterocycles. The maximum Gasteiger partial charge on any atom is 0.0991 e. The molecule has 2 aromatic rings. The van der Waals surface area contributed by atoms with Gasteiger partial charge in [0.2, 0.25) is 0 Å². The van der Waals surface area contributed by atoms with Crippen LogP contribution in [0.4, 0.5) is 11.4 Å². The van der Waals surface area contributed by atoms with Crippen LogP contribution in [0.3, 0.4) is 0 Å². The van der Waals surface area contributed by atoms with Gasteiger partial charge in [0.15, 0.2) is 0 Å². The Bertz CT molecular complexity index is 540. The summed E-state index contributed by atoms with van der Waals surface area (Å²) in [6.07, 6.45) is 0. The Hall–Kier alpha value is -1.83. The van der Waals surface area contributed by atoms with Crippen LogP contribution in [0, 0.1) is 11.3 Å². The molecule has 2 aromatic carbocycles. The van der Waals surface area contributed by atoms with Crippen LogP contribution in [0.1, 0.15) is 5.56 Å². The molecule has 2 N–H and O–H groups in total. The lowest BCUT2D eigenvalue weighted by atomic mass is 10.2. The average molecular weight is 288 g/mol. The van der Waals surface area contributed by atoms with Gasteiger partial charge in [0.25, 0.3) is 0 Å². The van der Waals surface area contributed by atoms with Gasteiger partial charge in [-0.2, -0.15) is 5.26 Å². The molecule has 4 heteroatoms. The van der Waals surface area contributed by atoms with Crippen molar-refractivity contribution in [3.63, 3.8) is 0 Å². The molecule has 0 spiro atoms. The lowest BCUT2D eigenvalue weighted by Crippen LogP contribution is -2.24. The second-order valence-corrected chi connectivity index (χ2v) is 4.42. The Morgan fingerprint density at radius 1 is 0.941 bits per heavy atom. The quantitative estimate of drug-likeness (QED) is 0.681. The van der Waals surface area contributed by atoms with Crippen LogP contribution in [-0.2, 0) is 0 Å². The number of nitrogens with two attached hydrogens (primary N) is 1. The van der Waals surface area contributed by atoms with Gasteiger partial charge in [-0.1, -0.05) is 15.9 Å². The molecule has 3 nitrogen and oxygen atoms in total. The van der Waals surface area contributed by atoms with Gasteiger partial charge in [0.1, 0.15) is 0 Å². The minimum absolute atomic E-state index is 0.623. The molecule has 0 aliphatic rings. The van der Waals surface area contributed by atoms with Crippen LogP contribution >= 0.6 is 15.9 Å². The van der Waals surface area contributed by atoms with Crippen LogP contribution in [-0.4, -0.2) is 0 Å². The molecule has 0 aliphatic carbocycles. The lowest BCUT2D eigenvalue weighted by Gasteiger charge is -2.18. The van der Waals surface area contributed by atoms with E-state index in [9.17, 15) is 0 Å². The molecular formula is C13H10BrN3. The first-order valence-corrected chi connectivity index (χ1v) is 5.80. The Morgan fingerprint density at radius 2 is 1.41 bits per heavy atom. The number of hydrazine groups is 1. The van der Waals surface area contributed by atoms with Crippen LogP contribution in [0.5, 0.6) is 0 Å². The molecule has 0 saturated heterocycles. The summed E-state index contributed by atoms with van der Waals surface area (Å²) < 4.78 is 1.01. The van der Waals surface area contributed by atoms with E-state index in [1.807, 2.05) is 36.4 Å². The SMILES string of the molecule is N#Cc1ccc(N(N)c2ccc(Br)cc2)cc1. The first kappa shape index (κ1) is 11.6. The van der Waals surface area contributed by atoms with E-state index >= 15 is 0 Å². The maximum atomic E-state index is 8.71. The minimum Gasteiger partial charge on any atom is -0.280 e. The molecule has 0 saturated carbocycles. The molecule has 0 bridgehead atoms. The highest BCUT2D eigenvalue weighted by atomic mass is 79.9. The van der Waals surface area contributed by atoms with Gasteiger partial charge in [0, 0.05) is 4.47 Å². The number of benzene rings is 2. The first-order valence-electron chi connectivity index (χ1n) is 5.01. The number of nitriles is 1. The van der Waals surface area contributed by atoms with E-state index in [1.165, 1.54) is 0 Å². The molecule has 17 heavy (non-hydrogen) atoms. The molecule has 0 unspecified atom stereocenters. The van der Waals surface area contributed by atoms with E-state index in [-0.39, 0.29) is 0 Å². The van der Waals surface area contributed by atoms with Gasteiger partial charge in [0.05, 0.1) is 23.0 Å². The van der Waals surface area contributed by atoms with E-state index < -0.39 is 0 Å². The number of rotatable bonds is 2. The Morgan fingerprint density at radius 3 is 1.88 bits per heavy atom. The van der Waals surface area contributed by atoms with E-state index in [0.29, 0.717) is 5.56 Å². The Kier molecular flexibility index (Phi) is 3.43. The minimum atomic E-state index is 0.623. The van der Waals surface area contributed by atoms with E-state index in [0.717, 1.165) is 15.8 Å². The molecule has 2 rings (SSSR count). The number of nitrogens with zero attached hydrogens (tertiary/aromatic N) is 2. The van der Waals surface area contributed by atoms with Crippen LogP contribution in [0.25, 0.3) is 0 Å². The number of anilines is 2. The smallest absolute Gasteiger partial charge is 0.0991 e. The van der Waals surface area contributed by atoms with E-state index in [1.54, 1.807) is 17.1 Å². The summed E-state index contributed by atoms with van der Waals surface area (Å²) in [4.78, 5) is 0. The fourth-order valence-electron chi connectivity index (χ4n) is 1.45. The lowest BCUT2D eigenvalue weighted by molar-refractivity contribution is 1.09. The van der Waals surface area contributed by atoms with Crippen molar-refractivity contribution in [2.75, 3.05) is 5.01 Å². The summed E-state index contributed by atoms with van der Waals surface area (Å²) in [5.74, 6) is 5.99. The third-order valence-corrected chi connectivity index (χ3v) is 2.91. The van der Waals surface area contributed by atoms with Crippen LogP contribution in [0.15, 0.2) is 53.0 Å². The van der Waals surface area contributed by atoms with Gasteiger partial charge in [-0.05, 0) is 48.5 Å². The second kappa shape index (κ2) is 5.00. The molecule has 0 aromatic heterocycles. The van der Waals surface area contributed by atoms with E-state index in [4.69, 9.17) is 11.1 Å². The normalized spacial score (nSPS) is 9.71. The van der Waals surface area contributed by atoms with Gasteiger partial charge < -0.3 is 0 Å². The van der Waals surface area contributed by atoms with Gasteiger partial charge in [-0.15, -0.1) is 0 Å². The summed E-state index contributed by atoms with van der Waals surface area (Å²) in [7, 11) is 0. The van der Waals surface area contributed by atoms with Crippen molar-refractivity contribution in [2.24, 2.45) is 5.84 Å². The fraction of sp³-hybridized carbons (Fsp3) is 0. The van der Waals surface area contributed by atoms with Crippen LogP contribution < -0.4 is 10.9 Å². The van der Waals surface area contributed by atoms with Crippen molar-refractivity contribution in [3.05, 3.63) is 58.6 Å². The van der Waals surface area contributed by atoms with Crippen LogP contribution in [0.2, 0.25) is 0 Å². The predicted molar refractivity (Wildman–Crippen MR) is 71.6 cm³/mol. The zero-order valence-corrected chi connectivity index (χ0v) is 10.6. The van der Waals surface area contributed by atoms with Crippen molar-refractivity contribution >= 4 is 27.3 Å². The first-order chi connectivity index (χ1) is 8.20. The average Bonchev–Trinajstić information content (AvgIpc) is 2.39. The molecule has 0 radical (unpaired) electrons. The Labute approximate surface area is 108 Å². The summed E-state index contributed by atoms with van der Waals surface area (Å²) in [5, 5.41) is 10.3. The molecule has 0 amide bonds. The maximum absolute atomic E-state index is 8.71. The highest BCUT2D eigenvalue weighted by Crippen LogP contribution is 2.23. The van der Waals surface area contributed by atoms with Crippen molar-refractivity contribution in [1.82, 2.24) is 0 Å². The topological polar surface area (TPSA) is 53.0 Å². The standard InChI is InChI=1S/C13H10BrN3/c14-11-3-7-13(8-4-11)17(16)12-5-1-10(9-15)2-6-12/h1-8H,16H2. The van der Waals surface area contributed by atoms with Gasteiger partial charge in [-0.3, -0.25) is 5.01 Å². The summed E-state index contributed by atoms with van der Waals surface area (Å²) in [6, 6.07) is 16.9. The molecular weight excluding hydrogens is 278 g/mol. The molecule has 84 valence electrons. The van der Waals surface area contributed by atoms with Crippen molar-refractivity contribution in [2.45, 2.75) is 0 Å². The summed E-state index contributed by atoms with van der Waals surface area (Å²) >= 11 is 3.37. The van der Waals surface area contributed by atoms with Crippen molar-refractivity contribution in [3.8, 4) is 6.07 Å². The highest BCUT2D eigenvalue weighted by Gasteiger charge is 2.04. The monoisotopic (exact) mass is 287 g/mol. The summed E-state index contributed by atoms with van der Waals surface area (Å²) in [6.45, 7) is 0. The molecule has 0 aliphatic heterocycles. The highest BCUT2D eigenvalue weighted by molar-refractivity contribution is 9.10. The fourth-order valence-corrected chi connectivity index (χ4v) is 1.71. The van der Waals surface area contributed by atoms with Crippen molar-refractivity contribution in [1.29, 1.82) is 5.26 Å². The Balaban J connectivity index is 2.27. The molecule has 0 fully saturated rings. The van der Waals surface area contributed by atoms with Gasteiger partial charge >= 0.3 is 0 Å². The second-order valence-electron chi connectivity index (χ2n) is 3.51. The van der Waals surface area contributed by atoms with E-state index in [2.05, 4.69) is 22.0 Å². The zero-order valence-electron chi connectivity index (χ0n) is 8.97. The predicted octanol–water partition coefficient (Wildman–Crippen LogP) is 3.33. The summed E-state index contributed by atoms with van der Waals surface area (Å²) in [5.41, 5.74) is 2.35.